The molecule has 0 spiro atoms. The van der Waals surface area contributed by atoms with E-state index in [2.05, 4.69) is 5.32 Å². The topological polar surface area (TPSA) is 104 Å². The van der Waals surface area contributed by atoms with Gasteiger partial charge >= 0.3 is 17.8 Å². The molecule has 0 unspecified atom stereocenters. The Hall–Kier alpha value is -2.70. The molecule has 0 atom stereocenters. The van der Waals surface area contributed by atoms with E-state index < -0.39 is 23.6 Å². The molecule has 2 N–H and O–H groups in total. The zero-order chi connectivity index (χ0) is 14.0. The SMILES string of the molecule is O=C(O)C(=O)c1cccc(N2CCNC(=O)C2=O)c1. The first-order chi connectivity index (χ1) is 9.00. The van der Waals surface area contributed by atoms with E-state index in [1.807, 2.05) is 0 Å². The molecular formula is C12H10N2O5. The van der Waals surface area contributed by atoms with Crippen LogP contribution in [0.3, 0.4) is 0 Å². The maximum atomic E-state index is 11.7. The number of piperazine rings is 1. The summed E-state index contributed by atoms with van der Waals surface area (Å²) >= 11 is 0. The number of aliphatic carboxylic acids is 1. The number of anilines is 1. The van der Waals surface area contributed by atoms with Gasteiger partial charge in [0, 0.05) is 24.3 Å². The maximum absolute atomic E-state index is 11.7. The van der Waals surface area contributed by atoms with Crippen LogP contribution in [0.1, 0.15) is 10.4 Å². The molecule has 0 aliphatic carbocycles. The van der Waals surface area contributed by atoms with Gasteiger partial charge < -0.3 is 15.3 Å². The highest BCUT2D eigenvalue weighted by Gasteiger charge is 2.27. The van der Waals surface area contributed by atoms with Crippen molar-refractivity contribution in [1.29, 1.82) is 0 Å². The molecule has 1 saturated heterocycles. The Bertz CT molecular complexity index is 581. The summed E-state index contributed by atoms with van der Waals surface area (Å²) in [5.74, 6) is -4.08. The van der Waals surface area contributed by atoms with Crippen LogP contribution in [0.4, 0.5) is 5.69 Å². The highest BCUT2D eigenvalue weighted by atomic mass is 16.4. The fourth-order valence-corrected chi connectivity index (χ4v) is 1.77. The lowest BCUT2D eigenvalue weighted by Gasteiger charge is -2.26. The molecule has 19 heavy (non-hydrogen) atoms. The summed E-state index contributed by atoms with van der Waals surface area (Å²) in [6.07, 6.45) is 0. The van der Waals surface area contributed by atoms with Gasteiger partial charge in [-0.05, 0) is 12.1 Å². The first-order valence-corrected chi connectivity index (χ1v) is 5.48. The second kappa shape index (κ2) is 4.89. The van der Waals surface area contributed by atoms with E-state index in [1.54, 1.807) is 0 Å². The smallest absolute Gasteiger partial charge is 0.377 e. The number of carbonyl (C=O) groups excluding carboxylic acids is 3. The molecule has 1 aromatic rings. The van der Waals surface area contributed by atoms with Crippen molar-refractivity contribution >= 4 is 29.3 Å². The molecular weight excluding hydrogens is 252 g/mol. The number of carbonyl (C=O) groups is 4. The summed E-state index contributed by atoms with van der Waals surface area (Å²) in [7, 11) is 0. The Labute approximate surface area is 107 Å². The number of amides is 2. The van der Waals surface area contributed by atoms with E-state index in [9.17, 15) is 19.2 Å². The largest absolute Gasteiger partial charge is 0.475 e. The van der Waals surface area contributed by atoms with Gasteiger partial charge in [0.15, 0.2) is 0 Å². The molecule has 7 nitrogen and oxygen atoms in total. The van der Waals surface area contributed by atoms with Crippen LogP contribution < -0.4 is 10.2 Å². The van der Waals surface area contributed by atoms with Gasteiger partial charge in [-0.1, -0.05) is 12.1 Å². The Morgan fingerprint density at radius 3 is 2.68 bits per heavy atom. The second-order valence-corrected chi connectivity index (χ2v) is 3.90. The van der Waals surface area contributed by atoms with Gasteiger partial charge in [-0.25, -0.2) is 4.79 Å². The lowest BCUT2D eigenvalue weighted by atomic mass is 10.1. The lowest BCUT2D eigenvalue weighted by molar-refractivity contribution is -0.138. The van der Waals surface area contributed by atoms with Crippen molar-refractivity contribution in [3.63, 3.8) is 0 Å². The van der Waals surface area contributed by atoms with Crippen LogP contribution in [0.15, 0.2) is 24.3 Å². The Kier molecular flexibility index (Phi) is 3.28. The summed E-state index contributed by atoms with van der Waals surface area (Å²) < 4.78 is 0. The molecule has 2 rings (SSSR count). The van der Waals surface area contributed by atoms with Crippen molar-refractivity contribution in [1.82, 2.24) is 5.32 Å². The third kappa shape index (κ3) is 2.44. The number of hydrogen-bond donors (Lipinski definition) is 2. The highest BCUT2D eigenvalue weighted by molar-refractivity contribution is 6.41. The zero-order valence-electron chi connectivity index (χ0n) is 9.75. The monoisotopic (exact) mass is 262 g/mol. The van der Waals surface area contributed by atoms with Crippen molar-refractivity contribution in [2.24, 2.45) is 0 Å². The molecule has 1 aromatic carbocycles. The Balaban J connectivity index is 2.33. The van der Waals surface area contributed by atoms with Crippen molar-refractivity contribution in [3.05, 3.63) is 29.8 Å². The minimum Gasteiger partial charge on any atom is -0.475 e. The summed E-state index contributed by atoms with van der Waals surface area (Å²) in [6.45, 7) is 0.580. The fraction of sp³-hybridized carbons (Fsp3) is 0.167. The van der Waals surface area contributed by atoms with Gasteiger partial charge in [0.05, 0.1) is 0 Å². The van der Waals surface area contributed by atoms with E-state index >= 15 is 0 Å². The summed E-state index contributed by atoms with van der Waals surface area (Å²) in [5.41, 5.74) is 0.288. The number of hydrogen-bond acceptors (Lipinski definition) is 4. The number of ketones is 1. The van der Waals surface area contributed by atoms with Gasteiger partial charge in [-0.2, -0.15) is 0 Å². The molecule has 0 aromatic heterocycles. The standard InChI is InChI=1S/C12H10N2O5/c15-9(12(18)19)7-2-1-3-8(6-7)14-5-4-13-10(16)11(14)17/h1-3,6H,4-5H2,(H,13,16)(H,18,19). The van der Waals surface area contributed by atoms with Crippen LogP contribution in [0.5, 0.6) is 0 Å². The van der Waals surface area contributed by atoms with Crippen molar-refractivity contribution < 1.29 is 24.3 Å². The number of rotatable bonds is 3. The fourth-order valence-electron chi connectivity index (χ4n) is 1.77. The minimum atomic E-state index is -1.57. The number of nitrogens with zero attached hydrogens (tertiary/aromatic N) is 1. The number of carboxylic acid groups (broad SMARTS) is 1. The quantitative estimate of drug-likeness (QED) is 0.560. The van der Waals surface area contributed by atoms with Crippen LogP contribution >= 0.6 is 0 Å². The third-order valence-corrected chi connectivity index (χ3v) is 2.67. The molecule has 0 bridgehead atoms. The van der Waals surface area contributed by atoms with Gasteiger partial charge in [-0.15, -0.1) is 0 Å². The van der Waals surface area contributed by atoms with E-state index in [-0.39, 0.29) is 12.1 Å². The number of carboxylic acids is 1. The molecule has 1 fully saturated rings. The Morgan fingerprint density at radius 2 is 2.00 bits per heavy atom. The van der Waals surface area contributed by atoms with E-state index in [0.29, 0.717) is 12.2 Å². The van der Waals surface area contributed by atoms with Gasteiger partial charge in [0.25, 0.3) is 5.78 Å². The first kappa shape index (κ1) is 12.7. The van der Waals surface area contributed by atoms with E-state index in [0.717, 1.165) is 0 Å². The minimum absolute atomic E-state index is 0.0382. The highest BCUT2D eigenvalue weighted by Crippen LogP contribution is 2.18. The normalized spacial score (nSPS) is 15.1. The molecule has 2 amide bonds. The molecule has 1 aliphatic heterocycles. The maximum Gasteiger partial charge on any atom is 0.377 e. The second-order valence-electron chi connectivity index (χ2n) is 3.90. The number of Topliss-reactive ketones (excluding diaryl/α,β-unsaturated/α-hetero) is 1. The predicted molar refractivity (Wildman–Crippen MR) is 63.8 cm³/mol. The summed E-state index contributed by atoms with van der Waals surface area (Å²) in [6, 6.07) is 5.63. The van der Waals surface area contributed by atoms with E-state index in [1.165, 1.54) is 29.2 Å². The molecule has 98 valence electrons. The van der Waals surface area contributed by atoms with Crippen LogP contribution in [-0.4, -0.2) is 41.8 Å². The van der Waals surface area contributed by atoms with Crippen LogP contribution in [-0.2, 0) is 14.4 Å². The molecule has 0 saturated carbocycles. The lowest BCUT2D eigenvalue weighted by Crippen LogP contribution is -2.52. The predicted octanol–water partition coefficient (Wildman–Crippen LogP) is -0.583. The number of nitrogens with one attached hydrogen (secondary N) is 1. The van der Waals surface area contributed by atoms with Crippen LogP contribution in [0, 0.1) is 0 Å². The van der Waals surface area contributed by atoms with Crippen molar-refractivity contribution in [3.8, 4) is 0 Å². The average molecular weight is 262 g/mol. The van der Waals surface area contributed by atoms with Gasteiger partial charge in [-0.3, -0.25) is 14.4 Å². The molecule has 0 radical (unpaired) electrons. The van der Waals surface area contributed by atoms with Gasteiger partial charge in [0.2, 0.25) is 0 Å². The Morgan fingerprint density at radius 1 is 1.26 bits per heavy atom. The first-order valence-electron chi connectivity index (χ1n) is 5.48. The van der Waals surface area contributed by atoms with Crippen molar-refractivity contribution in [2.75, 3.05) is 18.0 Å². The summed E-state index contributed by atoms with van der Waals surface area (Å²) in [5, 5.41) is 11.0. The van der Waals surface area contributed by atoms with E-state index in [4.69, 9.17) is 5.11 Å². The van der Waals surface area contributed by atoms with Crippen LogP contribution in [0.2, 0.25) is 0 Å². The number of benzene rings is 1. The van der Waals surface area contributed by atoms with Gasteiger partial charge in [0.1, 0.15) is 0 Å². The third-order valence-electron chi connectivity index (χ3n) is 2.67. The molecule has 1 heterocycles. The molecule has 7 heteroatoms. The zero-order valence-corrected chi connectivity index (χ0v) is 9.75. The average Bonchev–Trinajstić information content (AvgIpc) is 2.41. The molecule has 1 aliphatic rings. The van der Waals surface area contributed by atoms with Crippen molar-refractivity contribution in [2.45, 2.75) is 0 Å². The summed E-state index contributed by atoms with van der Waals surface area (Å²) in [4.78, 5) is 46.1. The van der Waals surface area contributed by atoms with Crippen LogP contribution in [0.25, 0.3) is 0 Å².